The van der Waals surface area contributed by atoms with Crippen LogP contribution in [0.1, 0.15) is 16.8 Å². The summed E-state index contributed by atoms with van der Waals surface area (Å²) in [6.45, 7) is 1.35. The molecular formula is C11H12O4. The number of rotatable bonds is 3. The predicted molar refractivity (Wildman–Crippen MR) is 53.3 cm³/mol. The van der Waals surface area contributed by atoms with Gasteiger partial charge in [0.05, 0.1) is 18.8 Å². The summed E-state index contributed by atoms with van der Waals surface area (Å²) in [5.74, 6) is -0.235. The van der Waals surface area contributed by atoms with Crippen molar-refractivity contribution in [1.29, 1.82) is 0 Å². The maximum Gasteiger partial charge on any atom is 0.335 e. The number of ether oxygens (including phenoxy) is 2. The minimum absolute atomic E-state index is 0.0979. The van der Waals surface area contributed by atoms with Gasteiger partial charge in [-0.15, -0.1) is 0 Å². The highest BCUT2D eigenvalue weighted by Crippen LogP contribution is 2.17. The van der Waals surface area contributed by atoms with Crippen molar-refractivity contribution < 1.29 is 19.4 Å². The van der Waals surface area contributed by atoms with Crippen molar-refractivity contribution in [3.63, 3.8) is 0 Å². The fourth-order valence-corrected chi connectivity index (χ4v) is 1.47. The molecule has 0 bridgehead atoms. The average Bonchev–Trinajstić information content (AvgIpc) is 2.71. The summed E-state index contributed by atoms with van der Waals surface area (Å²) in [5, 5.41) is 8.70. The van der Waals surface area contributed by atoms with Crippen LogP contribution in [-0.4, -0.2) is 30.4 Å². The maximum absolute atomic E-state index is 10.6. The Hall–Kier alpha value is -1.55. The van der Waals surface area contributed by atoms with E-state index in [4.69, 9.17) is 14.6 Å². The lowest BCUT2D eigenvalue weighted by Gasteiger charge is -2.11. The Labute approximate surface area is 87.4 Å². The van der Waals surface area contributed by atoms with Crippen LogP contribution in [0, 0.1) is 0 Å². The highest BCUT2D eigenvalue weighted by atomic mass is 16.5. The summed E-state index contributed by atoms with van der Waals surface area (Å²) in [6, 6.07) is 6.41. The molecule has 1 N–H and O–H groups in total. The normalized spacial score (nSPS) is 20.1. The topological polar surface area (TPSA) is 55.8 Å². The van der Waals surface area contributed by atoms with Crippen LogP contribution < -0.4 is 4.74 Å². The number of benzene rings is 1. The van der Waals surface area contributed by atoms with Gasteiger partial charge in [0.2, 0.25) is 0 Å². The molecule has 0 saturated carbocycles. The zero-order valence-corrected chi connectivity index (χ0v) is 8.18. The summed E-state index contributed by atoms with van der Waals surface area (Å²) in [5.41, 5.74) is 0.269. The van der Waals surface area contributed by atoms with Gasteiger partial charge < -0.3 is 14.6 Å². The van der Waals surface area contributed by atoms with E-state index in [1.54, 1.807) is 12.1 Å². The van der Waals surface area contributed by atoms with Gasteiger partial charge in [-0.3, -0.25) is 0 Å². The lowest BCUT2D eigenvalue weighted by Crippen LogP contribution is -2.15. The molecular weight excluding hydrogens is 196 g/mol. The number of hydrogen-bond acceptors (Lipinski definition) is 3. The lowest BCUT2D eigenvalue weighted by atomic mass is 10.2. The molecule has 0 amide bonds. The van der Waals surface area contributed by atoms with Crippen molar-refractivity contribution >= 4 is 5.97 Å². The summed E-state index contributed by atoms with van der Waals surface area (Å²) in [6.07, 6.45) is 0.987. The molecule has 1 aromatic carbocycles. The molecule has 1 saturated heterocycles. The Balaban J connectivity index is 2.00. The average molecular weight is 208 g/mol. The minimum atomic E-state index is -0.925. The van der Waals surface area contributed by atoms with E-state index in [9.17, 15) is 4.79 Å². The first-order chi connectivity index (χ1) is 7.25. The molecule has 0 unspecified atom stereocenters. The zero-order valence-electron chi connectivity index (χ0n) is 8.18. The van der Waals surface area contributed by atoms with Gasteiger partial charge in [-0.1, -0.05) is 0 Å². The highest BCUT2D eigenvalue weighted by molar-refractivity contribution is 5.87. The number of hydrogen-bond donors (Lipinski definition) is 1. The van der Waals surface area contributed by atoms with Crippen molar-refractivity contribution in [3.8, 4) is 5.75 Å². The van der Waals surface area contributed by atoms with Gasteiger partial charge in [0.25, 0.3) is 0 Å². The van der Waals surface area contributed by atoms with Crippen LogP contribution in [0.4, 0.5) is 0 Å². The molecule has 1 aliphatic rings. The highest BCUT2D eigenvalue weighted by Gasteiger charge is 2.17. The van der Waals surface area contributed by atoms with E-state index >= 15 is 0 Å². The number of carboxylic acids is 1. The standard InChI is InChI=1S/C11H12O4/c12-11(13)8-1-3-9(4-2-8)15-10-5-6-14-7-10/h1-4,10H,5-7H2,(H,12,13)/t10-/m0/s1. The van der Waals surface area contributed by atoms with E-state index in [1.807, 2.05) is 0 Å². The summed E-state index contributed by atoms with van der Waals surface area (Å²) in [7, 11) is 0. The maximum atomic E-state index is 10.6. The molecule has 0 aromatic heterocycles. The van der Waals surface area contributed by atoms with Gasteiger partial charge >= 0.3 is 5.97 Å². The lowest BCUT2D eigenvalue weighted by molar-refractivity contribution is 0.0697. The van der Waals surface area contributed by atoms with Crippen LogP contribution in [0.15, 0.2) is 24.3 Å². The van der Waals surface area contributed by atoms with Crippen molar-refractivity contribution in [3.05, 3.63) is 29.8 Å². The third kappa shape index (κ3) is 2.47. The van der Waals surface area contributed by atoms with Gasteiger partial charge in [-0.2, -0.15) is 0 Å². The van der Waals surface area contributed by atoms with E-state index in [0.717, 1.165) is 13.0 Å². The molecule has 1 aliphatic heterocycles. The Morgan fingerprint density at radius 1 is 1.40 bits per heavy atom. The van der Waals surface area contributed by atoms with Crippen LogP contribution in [-0.2, 0) is 4.74 Å². The van der Waals surface area contributed by atoms with Gasteiger partial charge in [0.15, 0.2) is 0 Å². The smallest absolute Gasteiger partial charge is 0.335 e. The van der Waals surface area contributed by atoms with Gasteiger partial charge in [0, 0.05) is 6.42 Å². The van der Waals surface area contributed by atoms with Crippen LogP contribution >= 0.6 is 0 Å². The van der Waals surface area contributed by atoms with Crippen molar-refractivity contribution in [2.24, 2.45) is 0 Å². The molecule has 1 atom stereocenters. The van der Waals surface area contributed by atoms with Gasteiger partial charge in [-0.05, 0) is 24.3 Å². The Bertz CT molecular complexity index is 338. The molecule has 80 valence electrons. The van der Waals surface area contributed by atoms with E-state index in [2.05, 4.69) is 0 Å². The first-order valence-corrected chi connectivity index (χ1v) is 4.83. The molecule has 2 rings (SSSR count). The summed E-state index contributed by atoms with van der Waals surface area (Å²) in [4.78, 5) is 10.6. The molecule has 1 fully saturated rings. The monoisotopic (exact) mass is 208 g/mol. The van der Waals surface area contributed by atoms with E-state index in [-0.39, 0.29) is 11.7 Å². The third-order valence-corrected chi connectivity index (χ3v) is 2.29. The van der Waals surface area contributed by atoms with Crippen molar-refractivity contribution in [2.75, 3.05) is 13.2 Å². The largest absolute Gasteiger partial charge is 0.488 e. The zero-order chi connectivity index (χ0) is 10.7. The SMILES string of the molecule is O=C(O)c1ccc(O[C@H]2CCOC2)cc1. The van der Waals surface area contributed by atoms with Gasteiger partial charge in [0.1, 0.15) is 11.9 Å². The molecule has 1 aromatic rings. The molecule has 4 nitrogen and oxygen atoms in total. The molecule has 0 radical (unpaired) electrons. The van der Waals surface area contributed by atoms with E-state index < -0.39 is 5.97 Å². The molecule has 15 heavy (non-hydrogen) atoms. The summed E-state index contributed by atoms with van der Waals surface area (Å²) >= 11 is 0. The first-order valence-electron chi connectivity index (χ1n) is 4.83. The van der Waals surface area contributed by atoms with Crippen LogP contribution in [0.3, 0.4) is 0 Å². The first kappa shape index (κ1) is 9.98. The Morgan fingerprint density at radius 2 is 2.13 bits per heavy atom. The number of aromatic carboxylic acids is 1. The minimum Gasteiger partial charge on any atom is -0.488 e. The molecule has 0 aliphatic carbocycles. The van der Waals surface area contributed by atoms with Crippen molar-refractivity contribution in [1.82, 2.24) is 0 Å². The summed E-state index contributed by atoms with van der Waals surface area (Å²) < 4.78 is 10.8. The second-order valence-corrected chi connectivity index (χ2v) is 3.43. The second kappa shape index (κ2) is 4.31. The molecule has 0 spiro atoms. The van der Waals surface area contributed by atoms with E-state index in [1.165, 1.54) is 12.1 Å². The fourth-order valence-electron chi connectivity index (χ4n) is 1.47. The van der Waals surface area contributed by atoms with E-state index in [0.29, 0.717) is 12.4 Å². The Kier molecular flexibility index (Phi) is 2.87. The van der Waals surface area contributed by atoms with Gasteiger partial charge in [-0.25, -0.2) is 4.79 Å². The second-order valence-electron chi connectivity index (χ2n) is 3.43. The third-order valence-electron chi connectivity index (χ3n) is 2.29. The number of carbonyl (C=O) groups is 1. The van der Waals surface area contributed by atoms with Crippen molar-refractivity contribution in [2.45, 2.75) is 12.5 Å². The Morgan fingerprint density at radius 3 is 2.67 bits per heavy atom. The predicted octanol–water partition coefficient (Wildman–Crippen LogP) is 1.55. The quantitative estimate of drug-likeness (QED) is 0.818. The van der Waals surface area contributed by atoms with Crippen LogP contribution in [0.2, 0.25) is 0 Å². The fraction of sp³-hybridized carbons (Fsp3) is 0.364. The molecule has 1 heterocycles. The van der Waals surface area contributed by atoms with Crippen LogP contribution in [0.5, 0.6) is 5.75 Å². The number of carboxylic acid groups (broad SMARTS) is 1. The molecule has 4 heteroatoms. The van der Waals surface area contributed by atoms with Crippen LogP contribution in [0.25, 0.3) is 0 Å².